The third-order valence-electron chi connectivity index (χ3n) is 5.54. The van der Waals surface area contributed by atoms with Gasteiger partial charge in [0.25, 0.3) is 5.91 Å². The molecular formula is C23H23FN2O2. The minimum absolute atomic E-state index is 0.0655. The van der Waals surface area contributed by atoms with Crippen LogP contribution in [0.15, 0.2) is 59.9 Å². The van der Waals surface area contributed by atoms with Crippen molar-refractivity contribution in [3.8, 4) is 0 Å². The van der Waals surface area contributed by atoms with Gasteiger partial charge in [0, 0.05) is 16.6 Å². The summed E-state index contributed by atoms with van der Waals surface area (Å²) in [4.78, 5) is 16.2. The normalized spacial score (nSPS) is 18.2. The predicted molar refractivity (Wildman–Crippen MR) is 108 cm³/mol. The van der Waals surface area contributed by atoms with Crippen molar-refractivity contribution in [2.75, 3.05) is 0 Å². The van der Waals surface area contributed by atoms with Crippen molar-refractivity contribution in [3.05, 3.63) is 82.5 Å². The minimum atomic E-state index is -0.472. The van der Waals surface area contributed by atoms with E-state index >= 15 is 0 Å². The zero-order valence-corrected chi connectivity index (χ0v) is 16.1. The van der Waals surface area contributed by atoms with Crippen LogP contribution in [0.5, 0.6) is 0 Å². The molecule has 0 bridgehead atoms. The fraction of sp³-hybridized carbons (Fsp3) is 0.261. The number of aryl methyl sites for hydroxylation is 1. The third-order valence-corrected chi connectivity index (χ3v) is 5.54. The number of halogens is 1. The highest BCUT2D eigenvalue weighted by atomic mass is 19.1. The highest BCUT2D eigenvalue weighted by Gasteiger charge is 2.39. The van der Waals surface area contributed by atoms with Crippen LogP contribution in [0.2, 0.25) is 0 Å². The Morgan fingerprint density at radius 1 is 1.11 bits per heavy atom. The van der Waals surface area contributed by atoms with Gasteiger partial charge in [-0.25, -0.2) is 4.39 Å². The van der Waals surface area contributed by atoms with Crippen molar-refractivity contribution >= 4 is 16.8 Å². The summed E-state index contributed by atoms with van der Waals surface area (Å²) in [5.41, 5.74) is 3.69. The number of benzene rings is 2. The summed E-state index contributed by atoms with van der Waals surface area (Å²) in [5, 5.41) is 14.6. The van der Waals surface area contributed by atoms with E-state index in [2.05, 4.69) is 10.3 Å². The topological polar surface area (TPSA) is 65.1 Å². The summed E-state index contributed by atoms with van der Waals surface area (Å²) in [5.74, 6) is -0.901. The molecule has 4 nitrogen and oxygen atoms in total. The Labute approximate surface area is 163 Å². The first-order valence-corrected chi connectivity index (χ1v) is 9.45. The van der Waals surface area contributed by atoms with E-state index < -0.39 is 12.0 Å². The van der Waals surface area contributed by atoms with Crippen LogP contribution in [0.3, 0.4) is 0 Å². The number of carbonyl (C=O) groups is 1. The minimum Gasteiger partial charge on any atom is -0.510 e. The molecule has 2 aromatic carbocycles. The first-order valence-electron chi connectivity index (χ1n) is 9.45. The fourth-order valence-corrected chi connectivity index (χ4v) is 4.06. The van der Waals surface area contributed by atoms with Crippen molar-refractivity contribution < 1.29 is 14.3 Å². The van der Waals surface area contributed by atoms with Gasteiger partial charge >= 0.3 is 0 Å². The van der Waals surface area contributed by atoms with Crippen LogP contribution < -0.4 is 5.32 Å². The van der Waals surface area contributed by atoms with Crippen molar-refractivity contribution in [2.45, 2.75) is 32.7 Å². The van der Waals surface area contributed by atoms with E-state index in [1.165, 1.54) is 12.1 Å². The molecule has 1 amide bonds. The molecule has 2 heterocycles. The van der Waals surface area contributed by atoms with E-state index in [4.69, 9.17) is 0 Å². The molecule has 3 N–H and O–H groups in total. The third kappa shape index (κ3) is 2.87. The molecule has 1 aliphatic heterocycles. The van der Waals surface area contributed by atoms with Gasteiger partial charge in [0.15, 0.2) is 0 Å². The summed E-state index contributed by atoms with van der Waals surface area (Å²) in [6.07, 6.45) is 0. The van der Waals surface area contributed by atoms with Crippen LogP contribution in [0.4, 0.5) is 4.39 Å². The Morgan fingerprint density at radius 3 is 2.46 bits per heavy atom. The van der Waals surface area contributed by atoms with E-state index in [9.17, 15) is 14.3 Å². The first kappa shape index (κ1) is 18.3. The molecule has 1 aliphatic rings. The lowest BCUT2D eigenvalue weighted by molar-refractivity contribution is -0.117. The zero-order valence-electron chi connectivity index (χ0n) is 16.1. The molecule has 2 unspecified atom stereocenters. The van der Waals surface area contributed by atoms with Crippen LogP contribution >= 0.6 is 0 Å². The molecule has 0 fully saturated rings. The van der Waals surface area contributed by atoms with E-state index in [0.717, 1.165) is 27.7 Å². The van der Waals surface area contributed by atoms with E-state index in [1.807, 2.05) is 51.1 Å². The predicted octanol–water partition coefficient (Wildman–Crippen LogP) is 4.71. The number of hydrogen-bond acceptors (Lipinski definition) is 2. The van der Waals surface area contributed by atoms with Crippen molar-refractivity contribution in [1.82, 2.24) is 10.3 Å². The van der Waals surface area contributed by atoms with Gasteiger partial charge in [-0.1, -0.05) is 44.2 Å². The number of amides is 1. The smallest absolute Gasteiger partial charge is 0.252 e. The second-order valence-electron chi connectivity index (χ2n) is 7.69. The van der Waals surface area contributed by atoms with Gasteiger partial charge in [-0.3, -0.25) is 4.79 Å². The standard InChI is InChI=1S/C23H23FN2O2/c1-12(2)20-22(27)19(23(28)26-20)18(14-7-5-4-6-8-14)21-13(3)16-11-15(24)9-10-17(16)25-21/h4-12,18,20,25,27H,1-3H3,(H,26,28). The summed E-state index contributed by atoms with van der Waals surface area (Å²) < 4.78 is 13.8. The molecule has 5 heteroatoms. The average molecular weight is 378 g/mol. The number of aromatic amines is 1. The number of carbonyl (C=O) groups excluding carboxylic acids is 1. The Balaban J connectivity index is 1.97. The van der Waals surface area contributed by atoms with Gasteiger partial charge in [-0.15, -0.1) is 0 Å². The van der Waals surface area contributed by atoms with Gasteiger partial charge in [-0.05, 0) is 42.2 Å². The largest absolute Gasteiger partial charge is 0.510 e. The Morgan fingerprint density at radius 2 is 1.82 bits per heavy atom. The number of aliphatic hydroxyl groups excluding tert-OH is 1. The molecule has 28 heavy (non-hydrogen) atoms. The number of aromatic nitrogens is 1. The molecule has 144 valence electrons. The molecule has 4 rings (SSSR count). The molecule has 2 atom stereocenters. The quantitative estimate of drug-likeness (QED) is 0.615. The van der Waals surface area contributed by atoms with E-state index in [-0.39, 0.29) is 23.4 Å². The molecular weight excluding hydrogens is 355 g/mol. The lowest BCUT2D eigenvalue weighted by Gasteiger charge is -2.19. The summed E-state index contributed by atoms with van der Waals surface area (Å²) in [6.45, 7) is 5.82. The number of H-pyrrole nitrogens is 1. The molecule has 0 spiro atoms. The fourth-order valence-electron chi connectivity index (χ4n) is 4.06. The maximum absolute atomic E-state index is 13.8. The second-order valence-corrected chi connectivity index (χ2v) is 7.69. The number of hydrogen-bond donors (Lipinski definition) is 3. The Kier molecular flexibility index (Phi) is 4.46. The van der Waals surface area contributed by atoms with Gasteiger partial charge < -0.3 is 15.4 Å². The van der Waals surface area contributed by atoms with Gasteiger partial charge in [0.05, 0.1) is 17.5 Å². The van der Waals surface area contributed by atoms with Crippen LogP contribution in [0, 0.1) is 18.7 Å². The highest BCUT2D eigenvalue weighted by molar-refractivity contribution is 6.00. The summed E-state index contributed by atoms with van der Waals surface area (Å²) >= 11 is 0. The second kappa shape index (κ2) is 6.82. The van der Waals surface area contributed by atoms with Crippen LogP contribution in [-0.4, -0.2) is 22.0 Å². The maximum atomic E-state index is 13.8. The number of aliphatic hydroxyl groups is 1. The van der Waals surface area contributed by atoms with E-state index in [0.29, 0.717) is 5.57 Å². The molecule has 0 radical (unpaired) electrons. The Hall–Kier alpha value is -3.08. The van der Waals surface area contributed by atoms with Crippen LogP contribution in [-0.2, 0) is 4.79 Å². The van der Waals surface area contributed by atoms with Crippen LogP contribution in [0.1, 0.15) is 36.6 Å². The molecule has 0 saturated carbocycles. The SMILES string of the molecule is Cc1c(C(C2=C(O)C(C(C)C)NC2=O)c2ccccc2)[nH]c2ccc(F)cc12. The van der Waals surface area contributed by atoms with E-state index in [1.54, 1.807) is 6.07 Å². The molecule has 3 aromatic rings. The van der Waals surface area contributed by atoms with Crippen molar-refractivity contribution in [1.29, 1.82) is 0 Å². The molecule has 0 saturated heterocycles. The summed E-state index contributed by atoms with van der Waals surface area (Å²) in [7, 11) is 0. The highest BCUT2D eigenvalue weighted by Crippen LogP contribution is 2.40. The first-order chi connectivity index (χ1) is 13.4. The van der Waals surface area contributed by atoms with Gasteiger partial charge in [-0.2, -0.15) is 0 Å². The Bertz CT molecular complexity index is 1080. The lowest BCUT2D eigenvalue weighted by Crippen LogP contribution is -2.33. The lowest BCUT2D eigenvalue weighted by atomic mass is 9.85. The number of rotatable bonds is 4. The number of nitrogens with one attached hydrogen (secondary N) is 2. The zero-order chi connectivity index (χ0) is 20.0. The van der Waals surface area contributed by atoms with Crippen LogP contribution in [0.25, 0.3) is 10.9 Å². The average Bonchev–Trinajstić information content (AvgIpc) is 3.15. The van der Waals surface area contributed by atoms with Gasteiger partial charge in [0.2, 0.25) is 0 Å². The molecule has 0 aliphatic carbocycles. The number of fused-ring (bicyclic) bond motifs is 1. The summed E-state index contributed by atoms with van der Waals surface area (Å²) in [6, 6.07) is 13.8. The van der Waals surface area contributed by atoms with Gasteiger partial charge in [0.1, 0.15) is 11.6 Å². The maximum Gasteiger partial charge on any atom is 0.252 e. The van der Waals surface area contributed by atoms with Crippen molar-refractivity contribution in [3.63, 3.8) is 0 Å². The molecule has 1 aromatic heterocycles. The monoisotopic (exact) mass is 378 g/mol. The van der Waals surface area contributed by atoms with Crippen molar-refractivity contribution in [2.24, 2.45) is 5.92 Å².